The van der Waals surface area contributed by atoms with Gasteiger partial charge in [0.1, 0.15) is 11.6 Å². The summed E-state index contributed by atoms with van der Waals surface area (Å²) in [6.07, 6.45) is 0. The van der Waals surface area contributed by atoms with Gasteiger partial charge in [0, 0.05) is 5.56 Å². The van der Waals surface area contributed by atoms with Crippen LogP contribution >= 0.6 is 11.6 Å². The van der Waals surface area contributed by atoms with Gasteiger partial charge in [-0.25, -0.2) is 0 Å². The Bertz CT molecular complexity index is 325. The summed E-state index contributed by atoms with van der Waals surface area (Å²) in [4.78, 5) is 0. The number of rotatable bonds is 3. The number of amidine groups is 1. The monoisotopic (exact) mass is 198 g/mol. The highest BCUT2D eigenvalue weighted by Crippen LogP contribution is 2.21. The van der Waals surface area contributed by atoms with Crippen LogP contribution in [0.5, 0.6) is 5.75 Å². The smallest absolute Gasteiger partial charge is 0.124 e. The normalized spacial score (nSPS) is 9.69. The van der Waals surface area contributed by atoms with Crippen LogP contribution in [-0.2, 0) is 0 Å². The highest BCUT2D eigenvalue weighted by Gasteiger charge is 2.04. The van der Waals surface area contributed by atoms with Crippen molar-refractivity contribution in [3.63, 3.8) is 0 Å². The lowest BCUT2D eigenvalue weighted by atomic mass is 10.2. The number of nitrogens with one attached hydrogen (secondary N) is 1. The Morgan fingerprint density at radius 3 is 2.77 bits per heavy atom. The SMILES string of the molecule is CCOc1ccc(C(=N)N)c(Cl)c1. The summed E-state index contributed by atoms with van der Waals surface area (Å²) in [6, 6.07) is 5.07. The quantitative estimate of drug-likeness (QED) is 0.577. The molecule has 1 aromatic rings. The van der Waals surface area contributed by atoms with Crippen LogP contribution < -0.4 is 10.5 Å². The van der Waals surface area contributed by atoms with Crippen LogP contribution in [0, 0.1) is 5.41 Å². The highest BCUT2D eigenvalue weighted by atomic mass is 35.5. The highest BCUT2D eigenvalue weighted by molar-refractivity contribution is 6.34. The molecule has 4 heteroatoms. The standard InChI is InChI=1S/C9H11ClN2O/c1-2-13-6-3-4-7(9(11)12)8(10)5-6/h3-5H,2H2,1H3,(H3,11,12). The number of nitrogen functional groups attached to an aromatic ring is 1. The van der Waals surface area contributed by atoms with Gasteiger partial charge < -0.3 is 10.5 Å². The molecular weight excluding hydrogens is 188 g/mol. The summed E-state index contributed by atoms with van der Waals surface area (Å²) in [5.41, 5.74) is 5.83. The van der Waals surface area contributed by atoms with Crippen LogP contribution in [-0.4, -0.2) is 12.4 Å². The van der Waals surface area contributed by atoms with Gasteiger partial charge in [-0.3, -0.25) is 5.41 Å². The number of hydrogen-bond donors (Lipinski definition) is 2. The van der Waals surface area contributed by atoms with Crippen LogP contribution in [0.2, 0.25) is 5.02 Å². The van der Waals surface area contributed by atoms with E-state index in [9.17, 15) is 0 Å². The summed E-state index contributed by atoms with van der Waals surface area (Å²) in [7, 11) is 0. The van der Waals surface area contributed by atoms with Crippen molar-refractivity contribution in [2.45, 2.75) is 6.92 Å². The molecule has 0 heterocycles. The first-order chi connectivity index (χ1) is 6.15. The van der Waals surface area contributed by atoms with Gasteiger partial charge in [0.25, 0.3) is 0 Å². The maximum absolute atomic E-state index is 7.20. The number of benzene rings is 1. The van der Waals surface area contributed by atoms with Gasteiger partial charge in [-0.15, -0.1) is 0 Å². The second-order valence-electron chi connectivity index (χ2n) is 2.49. The van der Waals surface area contributed by atoms with E-state index in [4.69, 9.17) is 27.5 Å². The summed E-state index contributed by atoms with van der Waals surface area (Å²) in [5, 5.41) is 7.64. The predicted molar refractivity (Wildman–Crippen MR) is 53.6 cm³/mol. The summed E-state index contributed by atoms with van der Waals surface area (Å²) in [5.74, 6) is 0.658. The molecule has 0 amide bonds. The lowest BCUT2D eigenvalue weighted by molar-refractivity contribution is 0.340. The second kappa shape index (κ2) is 4.14. The van der Waals surface area contributed by atoms with Gasteiger partial charge in [-0.1, -0.05) is 11.6 Å². The molecule has 1 aromatic carbocycles. The van der Waals surface area contributed by atoms with Crippen molar-refractivity contribution in [2.24, 2.45) is 5.73 Å². The molecule has 0 aliphatic carbocycles. The van der Waals surface area contributed by atoms with Gasteiger partial charge in [-0.2, -0.15) is 0 Å². The Kier molecular flexibility index (Phi) is 3.14. The maximum Gasteiger partial charge on any atom is 0.124 e. The van der Waals surface area contributed by atoms with Crippen LogP contribution in [0.3, 0.4) is 0 Å². The molecular formula is C9H11ClN2O. The zero-order valence-electron chi connectivity index (χ0n) is 7.30. The minimum Gasteiger partial charge on any atom is -0.494 e. The van der Waals surface area contributed by atoms with Gasteiger partial charge in [0.2, 0.25) is 0 Å². The molecule has 0 aliphatic heterocycles. The molecule has 0 atom stereocenters. The lowest BCUT2D eigenvalue weighted by Gasteiger charge is -2.05. The third kappa shape index (κ3) is 2.36. The summed E-state index contributed by atoms with van der Waals surface area (Å²) < 4.78 is 5.23. The Balaban J connectivity index is 2.98. The van der Waals surface area contributed by atoms with E-state index in [1.54, 1.807) is 18.2 Å². The van der Waals surface area contributed by atoms with E-state index in [0.717, 1.165) is 0 Å². The van der Waals surface area contributed by atoms with Gasteiger partial charge in [0.15, 0.2) is 0 Å². The van der Waals surface area contributed by atoms with E-state index in [0.29, 0.717) is 22.9 Å². The van der Waals surface area contributed by atoms with Gasteiger partial charge in [0.05, 0.1) is 11.6 Å². The zero-order valence-corrected chi connectivity index (χ0v) is 8.06. The molecule has 3 nitrogen and oxygen atoms in total. The van der Waals surface area contributed by atoms with E-state index >= 15 is 0 Å². The van der Waals surface area contributed by atoms with E-state index < -0.39 is 0 Å². The van der Waals surface area contributed by atoms with E-state index in [1.165, 1.54) is 0 Å². The molecule has 3 N–H and O–H groups in total. The largest absolute Gasteiger partial charge is 0.494 e. The van der Waals surface area contributed by atoms with Crippen molar-refractivity contribution in [2.75, 3.05) is 6.61 Å². The third-order valence-electron chi connectivity index (χ3n) is 1.54. The molecule has 70 valence electrons. The van der Waals surface area contributed by atoms with Gasteiger partial charge in [-0.05, 0) is 25.1 Å². The molecule has 0 fully saturated rings. The molecule has 0 saturated carbocycles. The van der Waals surface area contributed by atoms with Crippen molar-refractivity contribution >= 4 is 17.4 Å². The van der Waals surface area contributed by atoms with E-state index in [1.807, 2.05) is 6.92 Å². The number of ether oxygens (including phenoxy) is 1. The molecule has 0 aromatic heterocycles. The zero-order chi connectivity index (χ0) is 9.84. The molecule has 1 rings (SSSR count). The minimum atomic E-state index is -0.0342. The molecule has 0 spiro atoms. The molecule has 0 saturated heterocycles. The molecule has 0 unspecified atom stereocenters. The Morgan fingerprint density at radius 1 is 1.62 bits per heavy atom. The first-order valence-electron chi connectivity index (χ1n) is 3.92. The fourth-order valence-electron chi connectivity index (χ4n) is 0.971. The van der Waals surface area contributed by atoms with Crippen molar-refractivity contribution in [1.82, 2.24) is 0 Å². The Morgan fingerprint density at radius 2 is 2.31 bits per heavy atom. The average Bonchev–Trinajstić information content (AvgIpc) is 2.04. The van der Waals surface area contributed by atoms with Crippen LogP contribution in [0.1, 0.15) is 12.5 Å². The van der Waals surface area contributed by atoms with Crippen molar-refractivity contribution < 1.29 is 4.74 Å². The van der Waals surface area contributed by atoms with E-state index in [-0.39, 0.29) is 5.84 Å². The van der Waals surface area contributed by atoms with Crippen molar-refractivity contribution in [3.8, 4) is 5.75 Å². The fourth-order valence-corrected chi connectivity index (χ4v) is 1.24. The van der Waals surface area contributed by atoms with Crippen LogP contribution in [0.15, 0.2) is 18.2 Å². The summed E-state index contributed by atoms with van der Waals surface area (Å²) >= 11 is 5.86. The molecule has 13 heavy (non-hydrogen) atoms. The Hall–Kier alpha value is -1.22. The molecule has 0 bridgehead atoms. The average molecular weight is 199 g/mol. The van der Waals surface area contributed by atoms with Crippen molar-refractivity contribution in [3.05, 3.63) is 28.8 Å². The Labute approximate surface area is 82.0 Å². The number of halogens is 1. The van der Waals surface area contributed by atoms with E-state index in [2.05, 4.69) is 0 Å². The maximum atomic E-state index is 7.20. The topological polar surface area (TPSA) is 59.1 Å². The van der Waals surface area contributed by atoms with Gasteiger partial charge >= 0.3 is 0 Å². The third-order valence-corrected chi connectivity index (χ3v) is 1.85. The number of nitrogens with two attached hydrogens (primary N) is 1. The molecule has 0 aliphatic rings. The van der Waals surface area contributed by atoms with Crippen molar-refractivity contribution in [1.29, 1.82) is 5.41 Å². The lowest BCUT2D eigenvalue weighted by Crippen LogP contribution is -2.11. The predicted octanol–water partition coefficient (Wildman–Crippen LogP) is 2.02. The number of hydrogen-bond acceptors (Lipinski definition) is 2. The first-order valence-corrected chi connectivity index (χ1v) is 4.29. The second-order valence-corrected chi connectivity index (χ2v) is 2.90. The minimum absolute atomic E-state index is 0.0342. The van der Waals surface area contributed by atoms with Crippen LogP contribution in [0.4, 0.5) is 0 Å². The first kappa shape index (κ1) is 9.86. The summed E-state index contributed by atoms with van der Waals surface area (Å²) in [6.45, 7) is 2.49. The fraction of sp³-hybridized carbons (Fsp3) is 0.222. The van der Waals surface area contributed by atoms with Crippen LogP contribution in [0.25, 0.3) is 0 Å². The molecule has 0 radical (unpaired) electrons.